The summed E-state index contributed by atoms with van der Waals surface area (Å²) in [6.45, 7) is 3.74. The highest BCUT2D eigenvalue weighted by atomic mass is 35.5. The van der Waals surface area contributed by atoms with E-state index < -0.39 is 17.5 Å². The quantitative estimate of drug-likeness (QED) is 0.201. The number of ketones is 1. The van der Waals surface area contributed by atoms with E-state index in [1.807, 2.05) is 12.3 Å². The highest BCUT2D eigenvalue weighted by molar-refractivity contribution is 7.09. The zero-order chi connectivity index (χ0) is 25.8. The molecule has 0 unspecified atom stereocenters. The zero-order valence-corrected chi connectivity index (χ0v) is 20.8. The molecule has 2 N–H and O–H groups in total. The Morgan fingerprint density at radius 3 is 2.53 bits per heavy atom. The second-order valence-corrected chi connectivity index (χ2v) is 9.35. The smallest absolute Gasteiger partial charge is 0.274 e. The van der Waals surface area contributed by atoms with Crippen LogP contribution in [0.25, 0.3) is 0 Å². The van der Waals surface area contributed by atoms with Crippen LogP contribution < -0.4 is 10.8 Å². The molecule has 0 bridgehead atoms. The molecule has 0 aliphatic heterocycles. The van der Waals surface area contributed by atoms with Gasteiger partial charge < -0.3 is 5.32 Å². The van der Waals surface area contributed by atoms with Crippen molar-refractivity contribution in [2.75, 3.05) is 5.32 Å². The van der Waals surface area contributed by atoms with Gasteiger partial charge in [-0.05, 0) is 61.9 Å². The molecule has 6 nitrogen and oxygen atoms in total. The molecular formula is C26H20ClF2N3O3S. The SMILES string of the molecule is Cc1nc(CONC(=O)c2ccc(C)c(C(=O)c3ccc(Nc4ccc(F)cc4F)cc3Cl)c2)cs1. The Balaban J connectivity index is 1.48. The van der Waals surface area contributed by atoms with Crippen LogP contribution in [0.15, 0.2) is 60.0 Å². The summed E-state index contributed by atoms with van der Waals surface area (Å²) in [7, 11) is 0. The van der Waals surface area contributed by atoms with Crippen LogP contribution in [0.1, 0.15) is 42.5 Å². The number of aryl methyl sites for hydroxylation is 2. The van der Waals surface area contributed by atoms with Gasteiger partial charge in [0.1, 0.15) is 18.2 Å². The molecule has 0 aliphatic rings. The predicted molar refractivity (Wildman–Crippen MR) is 135 cm³/mol. The molecule has 1 amide bonds. The predicted octanol–water partition coefficient (Wildman–Crippen LogP) is 6.53. The normalized spacial score (nSPS) is 10.8. The molecule has 0 atom stereocenters. The number of rotatable bonds is 8. The summed E-state index contributed by atoms with van der Waals surface area (Å²) < 4.78 is 27.1. The van der Waals surface area contributed by atoms with Crippen molar-refractivity contribution >= 4 is 46.0 Å². The lowest BCUT2D eigenvalue weighted by Crippen LogP contribution is -2.24. The molecule has 4 rings (SSSR count). The number of nitrogens with zero attached hydrogens (tertiary/aromatic N) is 1. The average molecular weight is 528 g/mol. The largest absolute Gasteiger partial charge is 0.353 e. The second-order valence-electron chi connectivity index (χ2n) is 7.88. The summed E-state index contributed by atoms with van der Waals surface area (Å²) in [6, 6.07) is 12.4. The molecule has 0 fully saturated rings. The van der Waals surface area contributed by atoms with E-state index in [1.54, 1.807) is 25.1 Å². The van der Waals surface area contributed by atoms with Crippen molar-refractivity contribution in [3.8, 4) is 0 Å². The summed E-state index contributed by atoms with van der Waals surface area (Å²) in [4.78, 5) is 35.3. The van der Waals surface area contributed by atoms with Gasteiger partial charge in [0.25, 0.3) is 5.91 Å². The topological polar surface area (TPSA) is 80.3 Å². The van der Waals surface area contributed by atoms with Gasteiger partial charge in [0.15, 0.2) is 5.78 Å². The third-order valence-electron chi connectivity index (χ3n) is 5.22. The number of anilines is 2. The van der Waals surface area contributed by atoms with E-state index in [2.05, 4.69) is 15.8 Å². The van der Waals surface area contributed by atoms with E-state index >= 15 is 0 Å². The van der Waals surface area contributed by atoms with Gasteiger partial charge in [-0.2, -0.15) is 0 Å². The number of halogens is 3. The minimum absolute atomic E-state index is 0.0632. The molecule has 1 heterocycles. The Morgan fingerprint density at radius 1 is 1.03 bits per heavy atom. The number of carbonyl (C=O) groups excluding carboxylic acids is 2. The molecule has 0 saturated heterocycles. The van der Waals surface area contributed by atoms with Crippen LogP contribution in [-0.4, -0.2) is 16.7 Å². The Hall–Kier alpha value is -3.66. The van der Waals surface area contributed by atoms with Gasteiger partial charge >= 0.3 is 0 Å². The van der Waals surface area contributed by atoms with E-state index in [0.29, 0.717) is 22.5 Å². The minimum Gasteiger partial charge on any atom is -0.353 e. The van der Waals surface area contributed by atoms with Crippen LogP contribution in [-0.2, 0) is 11.4 Å². The van der Waals surface area contributed by atoms with Crippen molar-refractivity contribution in [2.45, 2.75) is 20.5 Å². The summed E-state index contributed by atoms with van der Waals surface area (Å²) in [5.41, 5.74) is 4.93. The van der Waals surface area contributed by atoms with Crippen molar-refractivity contribution in [3.63, 3.8) is 0 Å². The fraction of sp³-hybridized carbons (Fsp3) is 0.115. The van der Waals surface area contributed by atoms with Gasteiger partial charge in [0.2, 0.25) is 0 Å². The maximum absolute atomic E-state index is 13.9. The summed E-state index contributed by atoms with van der Waals surface area (Å²) in [5.74, 6) is -2.35. The Labute approximate surface area is 214 Å². The first-order valence-corrected chi connectivity index (χ1v) is 12.0. The number of hydrogen-bond donors (Lipinski definition) is 2. The first-order valence-electron chi connectivity index (χ1n) is 10.7. The molecule has 36 heavy (non-hydrogen) atoms. The Kier molecular flexibility index (Phi) is 7.73. The lowest BCUT2D eigenvalue weighted by Gasteiger charge is -2.12. The lowest BCUT2D eigenvalue weighted by molar-refractivity contribution is 0.0223. The fourth-order valence-electron chi connectivity index (χ4n) is 3.39. The number of hydrogen-bond acceptors (Lipinski definition) is 6. The highest BCUT2D eigenvalue weighted by Crippen LogP contribution is 2.28. The van der Waals surface area contributed by atoms with Gasteiger partial charge in [-0.15, -0.1) is 11.3 Å². The minimum atomic E-state index is -0.761. The van der Waals surface area contributed by atoms with Gasteiger partial charge in [0, 0.05) is 33.8 Å². The third kappa shape index (κ3) is 5.93. The second kappa shape index (κ2) is 10.9. The number of amides is 1. The molecule has 0 aliphatic carbocycles. The van der Waals surface area contributed by atoms with Gasteiger partial charge in [0.05, 0.1) is 21.4 Å². The number of carbonyl (C=O) groups is 2. The van der Waals surface area contributed by atoms with Crippen molar-refractivity contribution in [1.82, 2.24) is 10.5 Å². The molecule has 1 aromatic heterocycles. The molecule has 0 radical (unpaired) electrons. The maximum atomic E-state index is 13.9. The van der Waals surface area contributed by atoms with E-state index in [1.165, 1.54) is 35.6 Å². The third-order valence-corrected chi connectivity index (χ3v) is 6.35. The fourth-order valence-corrected chi connectivity index (χ4v) is 4.25. The number of hydroxylamine groups is 1. The number of benzene rings is 3. The lowest BCUT2D eigenvalue weighted by atomic mass is 9.96. The molecule has 10 heteroatoms. The molecule has 0 spiro atoms. The van der Waals surface area contributed by atoms with Crippen LogP contribution in [0.5, 0.6) is 0 Å². The maximum Gasteiger partial charge on any atom is 0.274 e. The van der Waals surface area contributed by atoms with Gasteiger partial charge in [-0.1, -0.05) is 17.7 Å². The van der Waals surface area contributed by atoms with Crippen LogP contribution >= 0.6 is 22.9 Å². The standard InChI is InChI=1S/C26H20ClF2N3O3S/c1-14-3-4-16(26(34)32-35-12-19-13-36-15(2)30-19)9-21(14)25(33)20-7-6-18(11-22(20)27)31-24-8-5-17(28)10-23(24)29/h3-11,13,31H,12H2,1-2H3,(H,32,34). The van der Waals surface area contributed by atoms with Crippen LogP contribution in [0.3, 0.4) is 0 Å². The van der Waals surface area contributed by atoms with Crippen molar-refractivity contribution in [1.29, 1.82) is 0 Å². The monoisotopic (exact) mass is 527 g/mol. The average Bonchev–Trinajstić information content (AvgIpc) is 3.25. The summed E-state index contributed by atoms with van der Waals surface area (Å²) in [6.07, 6.45) is 0. The highest BCUT2D eigenvalue weighted by Gasteiger charge is 2.18. The summed E-state index contributed by atoms with van der Waals surface area (Å²) >= 11 is 7.85. The van der Waals surface area contributed by atoms with E-state index in [-0.39, 0.29) is 34.2 Å². The number of nitrogens with one attached hydrogen (secondary N) is 2. The number of aromatic nitrogens is 1. The first kappa shape index (κ1) is 25.4. The van der Waals surface area contributed by atoms with Crippen LogP contribution in [0.2, 0.25) is 5.02 Å². The number of thiazole rings is 1. The van der Waals surface area contributed by atoms with Crippen LogP contribution in [0, 0.1) is 25.5 Å². The van der Waals surface area contributed by atoms with Gasteiger partial charge in [-0.25, -0.2) is 19.2 Å². The molecular weight excluding hydrogens is 508 g/mol. The molecule has 184 valence electrons. The van der Waals surface area contributed by atoms with Gasteiger partial charge in [-0.3, -0.25) is 14.4 Å². The zero-order valence-electron chi connectivity index (χ0n) is 19.2. The van der Waals surface area contributed by atoms with Crippen molar-refractivity contribution < 1.29 is 23.2 Å². The molecule has 0 saturated carbocycles. The van der Waals surface area contributed by atoms with Crippen molar-refractivity contribution in [2.24, 2.45) is 0 Å². The Bertz CT molecular complexity index is 1460. The van der Waals surface area contributed by atoms with E-state index in [4.69, 9.17) is 16.4 Å². The van der Waals surface area contributed by atoms with E-state index in [9.17, 15) is 18.4 Å². The summed E-state index contributed by atoms with van der Waals surface area (Å²) in [5, 5.41) is 5.67. The van der Waals surface area contributed by atoms with E-state index in [0.717, 1.165) is 17.1 Å². The molecule has 3 aromatic carbocycles. The first-order chi connectivity index (χ1) is 17.2. The Morgan fingerprint density at radius 2 is 1.83 bits per heavy atom. The van der Waals surface area contributed by atoms with Crippen molar-refractivity contribution in [3.05, 3.63) is 110 Å². The van der Waals surface area contributed by atoms with Crippen LogP contribution in [0.4, 0.5) is 20.2 Å². The molecule has 4 aromatic rings.